The van der Waals surface area contributed by atoms with Gasteiger partial charge in [0, 0.05) is 21.6 Å². The minimum atomic E-state index is 0.0723. The highest BCUT2D eigenvalue weighted by molar-refractivity contribution is 14.1. The van der Waals surface area contributed by atoms with Crippen LogP contribution in [-0.2, 0) is 0 Å². The first-order valence-electron chi connectivity index (χ1n) is 4.16. The van der Waals surface area contributed by atoms with E-state index in [1.54, 1.807) is 0 Å². The van der Waals surface area contributed by atoms with Crippen molar-refractivity contribution in [2.45, 2.75) is 12.5 Å². The maximum atomic E-state index is 5.93. The molecule has 1 atom stereocenters. The highest BCUT2D eigenvalue weighted by atomic mass is 127. The molecule has 1 aromatic rings. The van der Waals surface area contributed by atoms with Crippen LogP contribution >= 0.6 is 22.6 Å². The van der Waals surface area contributed by atoms with Crippen molar-refractivity contribution in [3.05, 3.63) is 21.3 Å². The third-order valence-corrected chi connectivity index (χ3v) is 3.19. The molecule has 0 radical (unpaired) electrons. The zero-order chi connectivity index (χ0) is 9.42. The van der Waals surface area contributed by atoms with Gasteiger partial charge in [0.2, 0.25) is 0 Å². The average Bonchev–Trinajstić information content (AvgIpc) is 2.12. The molecule has 0 spiro atoms. The lowest BCUT2D eigenvalue weighted by atomic mass is 10.0. The summed E-state index contributed by atoms with van der Waals surface area (Å²) in [4.78, 5) is 0. The fourth-order valence-corrected chi connectivity index (χ4v) is 1.91. The first kappa shape index (κ1) is 9.08. The van der Waals surface area contributed by atoms with Gasteiger partial charge in [0.25, 0.3) is 0 Å². The summed E-state index contributed by atoms with van der Waals surface area (Å²) in [5, 5.41) is 0. The fourth-order valence-electron chi connectivity index (χ4n) is 1.49. The van der Waals surface area contributed by atoms with Crippen LogP contribution in [0.5, 0.6) is 5.75 Å². The Morgan fingerprint density at radius 2 is 2.23 bits per heavy atom. The molecule has 1 heterocycles. The predicted molar refractivity (Wildman–Crippen MR) is 60.6 cm³/mol. The van der Waals surface area contributed by atoms with Crippen molar-refractivity contribution >= 4 is 28.3 Å². The zero-order valence-corrected chi connectivity index (χ0v) is 9.24. The number of anilines is 1. The fraction of sp³-hybridized carbons (Fsp3) is 0.333. The first-order valence-corrected chi connectivity index (χ1v) is 5.24. The van der Waals surface area contributed by atoms with Crippen molar-refractivity contribution < 1.29 is 4.74 Å². The predicted octanol–water partition coefficient (Wildman–Crippen LogP) is 1.66. The van der Waals surface area contributed by atoms with Crippen LogP contribution in [0, 0.1) is 3.57 Å². The van der Waals surface area contributed by atoms with Crippen molar-refractivity contribution in [1.82, 2.24) is 0 Å². The number of hydrogen-bond acceptors (Lipinski definition) is 3. The van der Waals surface area contributed by atoms with E-state index in [1.165, 1.54) is 0 Å². The number of nitrogens with two attached hydrogens (primary N) is 2. The van der Waals surface area contributed by atoms with Crippen LogP contribution in [-0.4, -0.2) is 6.61 Å². The summed E-state index contributed by atoms with van der Waals surface area (Å²) in [5.41, 5.74) is 13.6. The van der Waals surface area contributed by atoms with E-state index in [4.69, 9.17) is 16.2 Å². The van der Waals surface area contributed by atoms with E-state index >= 15 is 0 Å². The monoisotopic (exact) mass is 290 g/mol. The Bertz CT molecular complexity index is 341. The van der Waals surface area contributed by atoms with Gasteiger partial charge in [-0.1, -0.05) is 6.07 Å². The van der Waals surface area contributed by atoms with E-state index in [-0.39, 0.29) is 6.04 Å². The minimum absolute atomic E-state index is 0.0723. The van der Waals surface area contributed by atoms with Gasteiger partial charge < -0.3 is 16.2 Å². The number of hydrogen-bond donors (Lipinski definition) is 2. The van der Waals surface area contributed by atoms with Crippen LogP contribution in [0.3, 0.4) is 0 Å². The van der Waals surface area contributed by atoms with E-state index in [0.717, 1.165) is 21.3 Å². The molecule has 0 fully saturated rings. The van der Waals surface area contributed by atoms with Gasteiger partial charge >= 0.3 is 0 Å². The van der Waals surface area contributed by atoms with Gasteiger partial charge in [-0.15, -0.1) is 0 Å². The third-order valence-electron chi connectivity index (χ3n) is 2.25. The Morgan fingerprint density at radius 3 is 3.00 bits per heavy atom. The minimum Gasteiger partial charge on any atom is -0.491 e. The van der Waals surface area contributed by atoms with E-state index in [9.17, 15) is 0 Å². The van der Waals surface area contributed by atoms with Crippen LogP contribution in [0.1, 0.15) is 18.0 Å². The van der Waals surface area contributed by atoms with Crippen molar-refractivity contribution in [2.24, 2.45) is 5.73 Å². The quantitative estimate of drug-likeness (QED) is 0.564. The topological polar surface area (TPSA) is 61.3 Å². The molecule has 3 nitrogen and oxygen atoms in total. The molecule has 2 rings (SSSR count). The van der Waals surface area contributed by atoms with Crippen LogP contribution in [0.2, 0.25) is 0 Å². The number of fused-ring (bicyclic) bond motifs is 1. The Morgan fingerprint density at radius 1 is 1.46 bits per heavy atom. The summed E-state index contributed by atoms with van der Waals surface area (Å²) in [7, 11) is 0. The molecule has 0 aliphatic carbocycles. The molecule has 13 heavy (non-hydrogen) atoms. The molecule has 0 saturated carbocycles. The lowest BCUT2D eigenvalue weighted by molar-refractivity contribution is 0.270. The molecule has 1 unspecified atom stereocenters. The Hall–Kier alpha value is -0.490. The Labute approximate surface area is 90.6 Å². The molecule has 70 valence electrons. The van der Waals surface area contributed by atoms with Gasteiger partial charge in [0.15, 0.2) is 0 Å². The van der Waals surface area contributed by atoms with Gasteiger partial charge in [-0.05, 0) is 28.7 Å². The summed E-state index contributed by atoms with van der Waals surface area (Å²) >= 11 is 2.19. The molecular formula is C9H11IN2O. The Kier molecular flexibility index (Phi) is 2.33. The lowest BCUT2D eigenvalue weighted by Gasteiger charge is -2.24. The molecule has 0 bridgehead atoms. The van der Waals surface area contributed by atoms with Crippen molar-refractivity contribution in [1.29, 1.82) is 0 Å². The molecule has 1 aliphatic rings. The molecule has 4 heteroatoms. The normalized spacial score (nSPS) is 20.6. The molecular weight excluding hydrogens is 279 g/mol. The maximum Gasteiger partial charge on any atom is 0.148 e. The van der Waals surface area contributed by atoms with E-state index < -0.39 is 0 Å². The summed E-state index contributed by atoms with van der Waals surface area (Å²) in [6, 6.07) is 4.05. The number of nitrogen functional groups attached to an aromatic ring is 1. The summed E-state index contributed by atoms with van der Waals surface area (Å²) in [5.74, 6) is 0.783. The molecule has 0 aromatic heterocycles. The molecule has 4 N–H and O–H groups in total. The number of benzene rings is 1. The number of rotatable bonds is 0. The van der Waals surface area contributed by atoms with Crippen LogP contribution in [0.4, 0.5) is 5.69 Å². The molecule has 0 amide bonds. The first-order chi connectivity index (χ1) is 6.20. The van der Waals surface area contributed by atoms with Crippen LogP contribution in [0.25, 0.3) is 0 Å². The second-order valence-electron chi connectivity index (χ2n) is 3.12. The second-order valence-corrected chi connectivity index (χ2v) is 4.29. The third kappa shape index (κ3) is 1.48. The average molecular weight is 290 g/mol. The SMILES string of the molecule is Nc1c(I)ccc2c1OCCC2N. The highest BCUT2D eigenvalue weighted by Gasteiger charge is 2.20. The summed E-state index contributed by atoms with van der Waals surface area (Å²) < 4.78 is 6.51. The maximum absolute atomic E-state index is 5.93. The van der Waals surface area contributed by atoms with Gasteiger partial charge in [-0.25, -0.2) is 0 Å². The van der Waals surface area contributed by atoms with Gasteiger partial charge in [-0.2, -0.15) is 0 Å². The molecule has 0 saturated heterocycles. The second kappa shape index (κ2) is 3.34. The summed E-state index contributed by atoms with van der Waals surface area (Å²) in [6.07, 6.45) is 0.868. The summed E-state index contributed by atoms with van der Waals surface area (Å²) in [6.45, 7) is 0.665. The van der Waals surface area contributed by atoms with E-state index in [2.05, 4.69) is 22.6 Å². The van der Waals surface area contributed by atoms with Crippen molar-refractivity contribution in [2.75, 3.05) is 12.3 Å². The number of halogens is 1. The van der Waals surface area contributed by atoms with Crippen molar-refractivity contribution in [3.8, 4) is 5.75 Å². The van der Waals surface area contributed by atoms with Crippen LogP contribution < -0.4 is 16.2 Å². The molecule has 1 aromatic carbocycles. The van der Waals surface area contributed by atoms with E-state index in [0.29, 0.717) is 12.3 Å². The highest BCUT2D eigenvalue weighted by Crippen LogP contribution is 2.37. The van der Waals surface area contributed by atoms with Gasteiger partial charge in [0.1, 0.15) is 5.75 Å². The Balaban J connectivity index is 2.56. The lowest BCUT2D eigenvalue weighted by Crippen LogP contribution is -2.21. The van der Waals surface area contributed by atoms with Crippen LogP contribution in [0.15, 0.2) is 12.1 Å². The van der Waals surface area contributed by atoms with E-state index in [1.807, 2.05) is 12.1 Å². The number of ether oxygens (including phenoxy) is 1. The largest absolute Gasteiger partial charge is 0.491 e. The standard InChI is InChI=1S/C9H11IN2O/c10-6-2-1-5-7(11)3-4-13-9(5)8(6)12/h1-2,7H,3-4,11-12H2. The zero-order valence-electron chi connectivity index (χ0n) is 7.09. The van der Waals surface area contributed by atoms with Gasteiger partial charge in [0.05, 0.1) is 12.3 Å². The van der Waals surface area contributed by atoms with Gasteiger partial charge in [-0.3, -0.25) is 0 Å². The smallest absolute Gasteiger partial charge is 0.148 e. The van der Waals surface area contributed by atoms with Crippen molar-refractivity contribution in [3.63, 3.8) is 0 Å². The molecule has 1 aliphatic heterocycles.